The van der Waals surface area contributed by atoms with Crippen LogP contribution in [0.4, 0.5) is 5.69 Å². The van der Waals surface area contributed by atoms with Gasteiger partial charge >= 0.3 is 0 Å². The first kappa shape index (κ1) is 13.4. The molecular formula is C15H13NO2S. The minimum atomic E-state index is 0.623. The van der Waals surface area contributed by atoms with Gasteiger partial charge in [0.25, 0.3) is 0 Å². The van der Waals surface area contributed by atoms with Crippen LogP contribution in [0.25, 0.3) is 0 Å². The lowest BCUT2D eigenvalue weighted by molar-refractivity contribution is 0.111. The SMILES string of the molecule is CNc1cc(C=O)ccc1Sc1ccccc1C=O. The third kappa shape index (κ3) is 3.03. The molecule has 0 saturated carbocycles. The monoisotopic (exact) mass is 271 g/mol. The van der Waals surface area contributed by atoms with Crippen LogP contribution in [0.15, 0.2) is 52.3 Å². The summed E-state index contributed by atoms with van der Waals surface area (Å²) in [7, 11) is 1.81. The molecule has 0 saturated heterocycles. The Morgan fingerprint density at radius 2 is 1.79 bits per heavy atom. The van der Waals surface area contributed by atoms with Gasteiger partial charge in [0.1, 0.15) is 6.29 Å². The molecule has 0 aliphatic rings. The average molecular weight is 271 g/mol. The van der Waals surface area contributed by atoms with Crippen molar-refractivity contribution in [1.82, 2.24) is 0 Å². The molecule has 3 nitrogen and oxygen atoms in total. The number of aldehydes is 2. The van der Waals surface area contributed by atoms with E-state index < -0.39 is 0 Å². The van der Waals surface area contributed by atoms with Crippen LogP contribution < -0.4 is 5.32 Å². The first-order valence-electron chi connectivity index (χ1n) is 5.77. The van der Waals surface area contributed by atoms with E-state index in [1.54, 1.807) is 25.2 Å². The van der Waals surface area contributed by atoms with Crippen molar-refractivity contribution in [2.24, 2.45) is 0 Å². The highest BCUT2D eigenvalue weighted by atomic mass is 32.2. The first-order valence-corrected chi connectivity index (χ1v) is 6.59. The van der Waals surface area contributed by atoms with Crippen molar-refractivity contribution in [3.05, 3.63) is 53.6 Å². The lowest BCUT2D eigenvalue weighted by Gasteiger charge is -2.10. The van der Waals surface area contributed by atoms with Gasteiger partial charge in [0, 0.05) is 33.7 Å². The molecule has 96 valence electrons. The zero-order valence-electron chi connectivity index (χ0n) is 10.4. The van der Waals surface area contributed by atoms with Gasteiger partial charge in [-0.25, -0.2) is 0 Å². The number of carbonyl (C=O) groups excluding carboxylic acids is 2. The summed E-state index contributed by atoms with van der Waals surface area (Å²) in [5, 5.41) is 3.06. The molecule has 1 N–H and O–H groups in total. The highest BCUT2D eigenvalue weighted by Crippen LogP contribution is 2.35. The maximum absolute atomic E-state index is 11.0. The number of hydrogen-bond donors (Lipinski definition) is 1. The predicted molar refractivity (Wildman–Crippen MR) is 77.3 cm³/mol. The maximum Gasteiger partial charge on any atom is 0.151 e. The van der Waals surface area contributed by atoms with Gasteiger partial charge < -0.3 is 5.32 Å². The van der Waals surface area contributed by atoms with Crippen LogP contribution in [-0.4, -0.2) is 19.6 Å². The standard InChI is InChI=1S/C15H13NO2S/c1-16-13-8-11(9-17)6-7-15(13)19-14-5-3-2-4-12(14)10-18/h2-10,16H,1H3. The summed E-state index contributed by atoms with van der Waals surface area (Å²) in [6, 6.07) is 12.9. The molecule has 0 atom stereocenters. The Morgan fingerprint density at radius 3 is 2.47 bits per heavy atom. The summed E-state index contributed by atoms with van der Waals surface area (Å²) in [4.78, 5) is 23.6. The minimum Gasteiger partial charge on any atom is -0.387 e. The Bertz CT molecular complexity index is 611. The third-order valence-corrected chi connectivity index (χ3v) is 3.84. The van der Waals surface area contributed by atoms with E-state index in [4.69, 9.17) is 0 Å². The van der Waals surface area contributed by atoms with Crippen molar-refractivity contribution in [2.45, 2.75) is 9.79 Å². The Labute approximate surface area is 116 Å². The van der Waals surface area contributed by atoms with Gasteiger partial charge in [-0.1, -0.05) is 36.0 Å². The van der Waals surface area contributed by atoms with Crippen LogP contribution >= 0.6 is 11.8 Å². The fraction of sp³-hybridized carbons (Fsp3) is 0.0667. The molecule has 19 heavy (non-hydrogen) atoms. The van der Waals surface area contributed by atoms with Gasteiger partial charge in [-0.15, -0.1) is 0 Å². The molecule has 0 unspecified atom stereocenters. The third-order valence-electron chi connectivity index (χ3n) is 2.67. The van der Waals surface area contributed by atoms with Crippen LogP contribution in [0.2, 0.25) is 0 Å². The van der Waals surface area contributed by atoms with Gasteiger partial charge in [0.2, 0.25) is 0 Å². The largest absolute Gasteiger partial charge is 0.387 e. The number of anilines is 1. The molecule has 0 fully saturated rings. The Morgan fingerprint density at radius 1 is 1.00 bits per heavy atom. The number of hydrogen-bond acceptors (Lipinski definition) is 4. The first-order chi connectivity index (χ1) is 9.28. The molecule has 2 aromatic rings. The van der Waals surface area contributed by atoms with E-state index in [9.17, 15) is 9.59 Å². The van der Waals surface area contributed by atoms with E-state index >= 15 is 0 Å². The normalized spacial score (nSPS) is 9.95. The molecule has 0 spiro atoms. The van der Waals surface area contributed by atoms with E-state index in [1.807, 2.05) is 24.3 Å². The minimum absolute atomic E-state index is 0.623. The summed E-state index contributed by atoms with van der Waals surface area (Å²) in [5.74, 6) is 0. The van der Waals surface area contributed by atoms with Crippen molar-refractivity contribution in [1.29, 1.82) is 0 Å². The lowest BCUT2D eigenvalue weighted by atomic mass is 10.2. The van der Waals surface area contributed by atoms with Crippen LogP contribution in [-0.2, 0) is 0 Å². The smallest absolute Gasteiger partial charge is 0.151 e. The van der Waals surface area contributed by atoms with Crippen molar-refractivity contribution in [2.75, 3.05) is 12.4 Å². The van der Waals surface area contributed by atoms with E-state index in [0.29, 0.717) is 11.1 Å². The molecule has 0 bridgehead atoms. The fourth-order valence-electron chi connectivity index (χ4n) is 1.69. The second kappa shape index (κ2) is 6.20. The maximum atomic E-state index is 11.0. The summed E-state index contributed by atoms with van der Waals surface area (Å²) in [6.07, 6.45) is 1.66. The van der Waals surface area contributed by atoms with Crippen LogP contribution in [0.5, 0.6) is 0 Å². The zero-order valence-corrected chi connectivity index (χ0v) is 11.2. The van der Waals surface area contributed by atoms with Gasteiger partial charge in [0.05, 0.1) is 0 Å². The van der Waals surface area contributed by atoms with Crippen molar-refractivity contribution in [3.63, 3.8) is 0 Å². The Balaban J connectivity index is 2.37. The molecule has 0 aromatic heterocycles. The van der Waals surface area contributed by atoms with Gasteiger partial charge in [-0.2, -0.15) is 0 Å². The molecule has 0 radical (unpaired) electrons. The Kier molecular flexibility index (Phi) is 4.36. The fourth-order valence-corrected chi connectivity index (χ4v) is 2.72. The molecule has 2 aromatic carbocycles. The van der Waals surface area contributed by atoms with Crippen LogP contribution in [0.1, 0.15) is 20.7 Å². The molecule has 0 aliphatic heterocycles. The second-order valence-corrected chi connectivity index (χ2v) is 4.96. The van der Waals surface area contributed by atoms with Crippen LogP contribution in [0.3, 0.4) is 0 Å². The Hall–Kier alpha value is -2.07. The lowest BCUT2D eigenvalue weighted by Crippen LogP contribution is -1.93. The molecule has 0 aliphatic carbocycles. The van der Waals surface area contributed by atoms with Gasteiger partial charge in [0.15, 0.2) is 6.29 Å². The topological polar surface area (TPSA) is 46.2 Å². The highest BCUT2D eigenvalue weighted by molar-refractivity contribution is 7.99. The van der Waals surface area contributed by atoms with E-state index in [0.717, 1.165) is 28.1 Å². The molecule has 0 heterocycles. The van der Waals surface area contributed by atoms with Gasteiger partial charge in [-0.05, 0) is 18.2 Å². The second-order valence-electron chi connectivity index (χ2n) is 3.88. The average Bonchev–Trinajstić information content (AvgIpc) is 2.48. The van der Waals surface area contributed by atoms with Gasteiger partial charge in [-0.3, -0.25) is 9.59 Å². The molecular weight excluding hydrogens is 258 g/mol. The van der Waals surface area contributed by atoms with E-state index in [2.05, 4.69) is 5.32 Å². The van der Waals surface area contributed by atoms with Crippen molar-refractivity contribution >= 4 is 30.0 Å². The van der Waals surface area contributed by atoms with E-state index in [-0.39, 0.29) is 0 Å². The quantitative estimate of drug-likeness (QED) is 0.845. The summed E-state index contributed by atoms with van der Waals surface area (Å²) < 4.78 is 0. The molecule has 2 rings (SSSR count). The number of benzene rings is 2. The predicted octanol–water partition coefficient (Wildman–Crippen LogP) is 3.50. The highest BCUT2D eigenvalue weighted by Gasteiger charge is 2.07. The number of nitrogens with one attached hydrogen (secondary N) is 1. The zero-order chi connectivity index (χ0) is 13.7. The molecule has 4 heteroatoms. The van der Waals surface area contributed by atoms with Crippen molar-refractivity contribution < 1.29 is 9.59 Å². The summed E-state index contributed by atoms with van der Waals surface area (Å²) in [5.41, 5.74) is 2.15. The number of carbonyl (C=O) groups is 2. The summed E-state index contributed by atoms with van der Waals surface area (Å²) in [6.45, 7) is 0. The summed E-state index contributed by atoms with van der Waals surface area (Å²) >= 11 is 1.50. The van der Waals surface area contributed by atoms with Crippen molar-refractivity contribution in [3.8, 4) is 0 Å². The van der Waals surface area contributed by atoms with E-state index in [1.165, 1.54) is 11.8 Å². The molecule has 0 amide bonds. The number of rotatable bonds is 5. The van der Waals surface area contributed by atoms with Crippen LogP contribution in [0, 0.1) is 0 Å².